The molecule has 1 aliphatic carbocycles. The fourth-order valence-corrected chi connectivity index (χ4v) is 7.18. The van der Waals surface area contributed by atoms with Gasteiger partial charge in [-0.2, -0.15) is 0 Å². The van der Waals surface area contributed by atoms with Gasteiger partial charge in [-0.25, -0.2) is 12.8 Å². The van der Waals surface area contributed by atoms with Gasteiger partial charge in [0.15, 0.2) is 0 Å². The van der Waals surface area contributed by atoms with E-state index in [2.05, 4.69) is 5.32 Å². The van der Waals surface area contributed by atoms with E-state index in [0.29, 0.717) is 0 Å². The van der Waals surface area contributed by atoms with E-state index in [1.807, 2.05) is 61.5 Å². The van der Waals surface area contributed by atoms with Crippen molar-refractivity contribution in [2.45, 2.75) is 62.6 Å². The van der Waals surface area contributed by atoms with Crippen molar-refractivity contribution in [2.24, 2.45) is 0 Å². The molecule has 2 amide bonds. The van der Waals surface area contributed by atoms with E-state index in [9.17, 15) is 22.4 Å². The minimum Gasteiger partial charge on any atom is -0.352 e. The molecule has 1 atom stereocenters. The molecule has 0 radical (unpaired) electrons. The number of rotatable bonds is 12. The Morgan fingerprint density at radius 2 is 1.44 bits per heavy atom. The molecule has 0 spiro atoms. The third-order valence-electron chi connectivity index (χ3n) is 8.30. The summed E-state index contributed by atoms with van der Waals surface area (Å²) < 4.78 is 42.9. The van der Waals surface area contributed by atoms with E-state index in [1.165, 1.54) is 29.2 Å². The Morgan fingerprint density at radius 1 is 0.844 bits per heavy atom. The van der Waals surface area contributed by atoms with Gasteiger partial charge in [-0.05, 0) is 72.9 Å². The quantitative estimate of drug-likeness (QED) is 0.208. The number of benzene rings is 4. The van der Waals surface area contributed by atoms with Crippen LogP contribution in [0.1, 0.15) is 42.4 Å². The number of nitrogens with zero attached hydrogens (tertiary/aromatic N) is 2. The Kier molecular flexibility index (Phi) is 10.3. The summed E-state index contributed by atoms with van der Waals surface area (Å²) in [6, 6.07) is 29.0. The lowest BCUT2D eigenvalue weighted by atomic mass is 10.0. The number of halogens is 1. The van der Waals surface area contributed by atoms with Gasteiger partial charge in [0.1, 0.15) is 18.4 Å². The normalized spacial score (nSPS) is 14.1. The molecule has 1 fully saturated rings. The zero-order valence-electron chi connectivity index (χ0n) is 25.3. The first-order valence-electron chi connectivity index (χ1n) is 15.2. The van der Waals surface area contributed by atoms with Crippen molar-refractivity contribution >= 4 is 27.5 Å². The van der Waals surface area contributed by atoms with E-state index in [0.717, 1.165) is 58.8 Å². The Bertz CT molecular complexity index is 1690. The minimum atomic E-state index is -4.24. The Hall–Kier alpha value is -4.50. The second-order valence-electron chi connectivity index (χ2n) is 11.4. The molecule has 0 aromatic heterocycles. The lowest BCUT2D eigenvalue weighted by Gasteiger charge is -2.34. The lowest BCUT2D eigenvalue weighted by molar-refractivity contribution is -0.140. The van der Waals surface area contributed by atoms with Gasteiger partial charge in [0.2, 0.25) is 11.8 Å². The maximum Gasteiger partial charge on any atom is 0.264 e. The molecule has 1 N–H and O–H groups in total. The summed E-state index contributed by atoms with van der Waals surface area (Å²) in [5.41, 5.74) is 2.80. The number of carbonyl (C=O) groups is 2. The van der Waals surface area contributed by atoms with Crippen LogP contribution in [0.2, 0.25) is 0 Å². The first-order chi connectivity index (χ1) is 21.7. The lowest BCUT2D eigenvalue weighted by Crippen LogP contribution is -2.54. The van der Waals surface area contributed by atoms with Crippen LogP contribution in [0.15, 0.2) is 114 Å². The van der Waals surface area contributed by atoms with Crippen LogP contribution in [0.3, 0.4) is 0 Å². The molecule has 4 aromatic carbocycles. The summed E-state index contributed by atoms with van der Waals surface area (Å²) in [6.07, 6.45) is 4.07. The second kappa shape index (κ2) is 14.5. The zero-order chi connectivity index (χ0) is 31.8. The molecule has 0 bridgehead atoms. The molecular weight excluding hydrogens is 589 g/mol. The van der Waals surface area contributed by atoms with Crippen LogP contribution in [-0.2, 0) is 32.6 Å². The fourth-order valence-electron chi connectivity index (χ4n) is 5.75. The van der Waals surface area contributed by atoms with Gasteiger partial charge < -0.3 is 10.2 Å². The number of sulfonamides is 1. The summed E-state index contributed by atoms with van der Waals surface area (Å²) in [5, 5.41) is 3.18. The molecular formula is C36H38FN3O4S. The number of nitrogens with one attached hydrogen (secondary N) is 1. The average Bonchev–Trinajstić information content (AvgIpc) is 3.56. The molecule has 45 heavy (non-hydrogen) atoms. The molecule has 4 aromatic rings. The van der Waals surface area contributed by atoms with Crippen molar-refractivity contribution in [3.63, 3.8) is 0 Å². The van der Waals surface area contributed by atoms with Gasteiger partial charge >= 0.3 is 0 Å². The molecule has 1 saturated carbocycles. The summed E-state index contributed by atoms with van der Waals surface area (Å²) >= 11 is 0. The predicted molar refractivity (Wildman–Crippen MR) is 173 cm³/mol. The third-order valence-corrected chi connectivity index (χ3v) is 10.1. The molecule has 9 heteroatoms. The van der Waals surface area contributed by atoms with Crippen LogP contribution in [0, 0.1) is 12.7 Å². The largest absolute Gasteiger partial charge is 0.352 e. The molecule has 234 valence electrons. The summed E-state index contributed by atoms with van der Waals surface area (Å²) in [7, 11) is -4.24. The van der Waals surface area contributed by atoms with Crippen molar-refractivity contribution in [2.75, 3.05) is 10.8 Å². The van der Waals surface area contributed by atoms with Gasteiger partial charge in [-0.1, -0.05) is 85.6 Å². The summed E-state index contributed by atoms with van der Waals surface area (Å²) in [6.45, 7) is 1.45. The Labute approximate surface area is 264 Å². The van der Waals surface area contributed by atoms with Crippen LogP contribution in [0.25, 0.3) is 0 Å². The summed E-state index contributed by atoms with van der Waals surface area (Å²) in [4.78, 5) is 30.1. The predicted octanol–water partition coefficient (Wildman–Crippen LogP) is 6.03. The molecule has 1 aliphatic rings. The maximum atomic E-state index is 14.5. The van der Waals surface area contributed by atoms with Crippen molar-refractivity contribution in [3.05, 3.63) is 132 Å². The molecule has 5 rings (SSSR count). The van der Waals surface area contributed by atoms with Gasteiger partial charge in [-0.15, -0.1) is 0 Å². The Morgan fingerprint density at radius 3 is 2.09 bits per heavy atom. The highest BCUT2D eigenvalue weighted by atomic mass is 32.2. The molecule has 7 nitrogen and oxygen atoms in total. The zero-order valence-corrected chi connectivity index (χ0v) is 26.1. The smallest absolute Gasteiger partial charge is 0.264 e. The SMILES string of the molecule is Cc1ccccc1CN(C(=O)CN(c1ccc(F)cc1)S(=O)(=O)c1ccccc1)[C@@H](Cc1ccccc1)C(=O)NC1CCCC1. The maximum absolute atomic E-state index is 14.5. The van der Waals surface area contributed by atoms with Gasteiger partial charge in [-0.3, -0.25) is 13.9 Å². The highest BCUT2D eigenvalue weighted by molar-refractivity contribution is 7.92. The number of anilines is 1. The molecule has 0 saturated heterocycles. The van der Waals surface area contributed by atoms with Crippen LogP contribution >= 0.6 is 0 Å². The van der Waals surface area contributed by atoms with Gasteiger partial charge in [0.05, 0.1) is 10.6 Å². The van der Waals surface area contributed by atoms with Crippen molar-refractivity contribution in [1.29, 1.82) is 0 Å². The number of amides is 2. The van der Waals surface area contributed by atoms with Crippen LogP contribution in [-0.4, -0.2) is 43.8 Å². The molecule has 0 aliphatic heterocycles. The van der Waals surface area contributed by atoms with E-state index in [1.54, 1.807) is 18.2 Å². The first-order valence-corrected chi connectivity index (χ1v) is 16.7. The third kappa shape index (κ3) is 7.97. The second-order valence-corrected chi connectivity index (χ2v) is 13.3. The van der Waals surface area contributed by atoms with Crippen LogP contribution < -0.4 is 9.62 Å². The monoisotopic (exact) mass is 627 g/mol. The van der Waals surface area contributed by atoms with E-state index < -0.39 is 34.3 Å². The number of aryl methyl sites for hydroxylation is 1. The fraction of sp³-hybridized carbons (Fsp3) is 0.278. The van der Waals surface area contributed by atoms with Gasteiger partial charge in [0, 0.05) is 19.0 Å². The highest BCUT2D eigenvalue weighted by Crippen LogP contribution is 2.26. The summed E-state index contributed by atoms with van der Waals surface area (Å²) in [5.74, 6) is -1.36. The highest BCUT2D eigenvalue weighted by Gasteiger charge is 2.35. The average molecular weight is 628 g/mol. The topological polar surface area (TPSA) is 86.8 Å². The number of carbonyl (C=O) groups excluding carboxylic acids is 2. The number of hydrogen-bond donors (Lipinski definition) is 1. The number of hydrogen-bond acceptors (Lipinski definition) is 4. The van der Waals surface area contributed by atoms with Gasteiger partial charge in [0.25, 0.3) is 10.0 Å². The van der Waals surface area contributed by atoms with Crippen molar-refractivity contribution in [1.82, 2.24) is 10.2 Å². The van der Waals surface area contributed by atoms with Crippen LogP contribution in [0.5, 0.6) is 0 Å². The van der Waals surface area contributed by atoms with Crippen LogP contribution in [0.4, 0.5) is 10.1 Å². The van der Waals surface area contributed by atoms with E-state index in [4.69, 9.17) is 0 Å². The molecule has 0 unspecified atom stereocenters. The minimum absolute atomic E-state index is 0.00705. The standard InChI is InChI=1S/C36H38FN3O4S/c1-27-12-8-9-15-29(27)25-39(34(24-28-13-4-2-5-14-28)36(42)38-31-16-10-11-17-31)35(41)26-40(32-22-20-30(37)21-23-32)45(43,44)33-18-6-3-7-19-33/h2-9,12-15,18-23,31,34H,10-11,16-17,24-26H2,1H3,(H,38,42)/t34-/m0/s1. The van der Waals surface area contributed by atoms with Crippen molar-refractivity contribution < 1.29 is 22.4 Å². The van der Waals surface area contributed by atoms with E-state index in [-0.39, 0.29) is 35.5 Å². The van der Waals surface area contributed by atoms with Crippen molar-refractivity contribution in [3.8, 4) is 0 Å². The van der Waals surface area contributed by atoms with E-state index >= 15 is 0 Å². The Balaban J connectivity index is 1.56. The first kappa shape index (κ1) is 31.9. The molecule has 0 heterocycles.